The normalized spacial score (nSPS) is 15.1. The molecule has 1 N–H and O–H groups in total. The lowest BCUT2D eigenvalue weighted by molar-refractivity contribution is -0.148. The predicted molar refractivity (Wildman–Crippen MR) is 62.9 cm³/mol. The third-order valence-electron chi connectivity index (χ3n) is 2.45. The molecule has 0 aliphatic heterocycles. The molecule has 94 valence electrons. The summed E-state index contributed by atoms with van der Waals surface area (Å²) in [5, 5.41) is 2.82. The number of nitrogens with one attached hydrogen (secondary N) is 1. The van der Waals surface area contributed by atoms with Crippen molar-refractivity contribution in [3.63, 3.8) is 0 Å². The van der Waals surface area contributed by atoms with Crippen molar-refractivity contribution >= 4 is 11.9 Å². The second-order valence-electron chi connectivity index (χ2n) is 5.05. The smallest absolute Gasteiger partial charge is 0.310 e. The van der Waals surface area contributed by atoms with E-state index in [2.05, 4.69) is 5.32 Å². The van der Waals surface area contributed by atoms with Gasteiger partial charge in [0.15, 0.2) is 0 Å². The summed E-state index contributed by atoms with van der Waals surface area (Å²) >= 11 is 0. The molecule has 0 aromatic rings. The molecule has 2 atom stereocenters. The number of rotatable bonds is 4. The number of esters is 1. The fraction of sp³-hybridized carbons (Fsp3) is 0.833. The Morgan fingerprint density at radius 1 is 1.25 bits per heavy atom. The number of ether oxygens (including phenoxy) is 1. The number of amides is 1. The predicted octanol–water partition coefficient (Wildman–Crippen LogP) is 1.74. The lowest BCUT2D eigenvalue weighted by Crippen LogP contribution is -2.45. The minimum atomic E-state index is -0.442. The SMILES string of the molecule is CCOC(=O)C(C)C(C)NC(=O)C(C)(C)C. The quantitative estimate of drug-likeness (QED) is 0.747. The molecule has 0 bridgehead atoms. The van der Waals surface area contributed by atoms with E-state index in [0.717, 1.165) is 0 Å². The van der Waals surface area contributed by atoms with Gasteiger partial charge < -0.3 is 10.1 Å². The molecule has 0 spiro atoms. The largest absolute Gasteiger partial charge is 0.466 e. The van der Waals surface area contributed by atoms with Crippen molar-refractivity contribution in [2.75, 3.05) is 6.61 Å². The van der Waals surface area contributed by atoms with E-state index < -0.39 is 5.41 Å². The molecule has 0 aliphatic rings. The zero-order chi connectivity index (χ0) is 12.9. The Morgan fingerprint density at radius 3 is 2.12 bits per heavy atom. The number of carbonyl (C=O) groups is 2. The molecule has 2 unspecified atom stereocenters. The van der Waals surface area contributed by atoms with Gasteiger partial charge in [0.25, 0.3) is 0 Å². The van der Waals surface area contributed by atoms with Gasteiger partial charge in [0, 0.05) is 11.5 Å². The summed E-state index contributed by atoms with van der Waals surface area (Å²) in [6.07, 6.45) is 0. The molecule has 0 radical (unpaired) electrons. The van der Waals surface area contributed by atoms with E-state index in [4.69, 9.17) is 4.74 Å². The number of hydrogen-bond donors (Lipinski definition) is 1. The highest BCUT2D eigenvalue weighted by atomic mass is 16.5. The van der Waals surface area contributed by atoms with Gasteiger partial charge in [0.05, 0.1) is 12.5 Å². The van der Waals surface area contributed by atoms with E-state index in [1.807, 2.05) is 27.7 Å². The zero-order valence-electron chi connectivity index (χ0n) is 11.1. The summed E-state index contributed by atoms with van der Waals surface area (Å²) < 4.78 is 4.90. The first kappa shape index (κ1) is 14.9. The zero-order valence-corrected chi connectivity index (χ0v) is 11.1. The highest BCUT2D eigenvalue weighted by Gasteiger charge is 2.27. The Hall–Kier alpha value is -1.06. The highest BCUT2D eigenvalue weighted by molar-refractivity contribution is 5.82. The third-order valence-corrected chi connectivity index (χ3v) is 2.45. The summed E-state index contributed by atoms with van der Waals surface area (Å²) in [5.41, 5.74) is -0.442. The first-order chi connectivity index (χ1) is 7.20. The molecule has 0 saturated carbocycles. The van der Waals surface area contributed by atoms with E-state index in [-0.39, 0.29) is 23.8 Å². The van der Waals surface area contributed by atoms with Crippen LogP contribution in [0.2, 0.25) is 0 Å². The van der Waals surface area contributed by atoms with Gasteiger partial charge in [0.1, 0.15) is 0 Å². The van der Waals surface area contributed by atoms with E-state index in [0.29, 0.717) is 6.61 Å². The number of hydrogen-bond acceptors (Lipinski definition) is 3. The highest BCUT2D eigenvalue weighted by Crippen LogP contribution is 2.14. The molecule has 0 heterocycles. The fourth-order valence-corrected chi connectivity index (χ4v) is 1.03. The topological polar surface area (TPSA) is 55.4 Å². The Kier molecular flexibility index (Phi) is 5.48. The summed E-state index contributed by atoms with van der Waals surface area (Å²) in [6.45, 7) is 11.2. The van der Waals surface area contributed by atoms with Gasteiger partial charge in [-0.25, -0.2) is 0 Å². The van der Waals surface area contributed by atoms with Crippen LogP contribution in [-0.2, 0) is 14.3 Å². The summed E-state index contributed by atoms with van der Waals surface area (Å²) in [7, 11) is 0. The van der Waals surface area contributed by atoms with Gasteiger partial charge in [-0.15, -0.1) is 0 Å². The standard InChI is InChI=1S/C12H23NO3/c1-7-16-10(14)8(2)9(3)13-11(15)12(4,5)6/h8-9H,7H2,1-6H3,(H,13,15). The minimum absolute atomic E-state index is 0.0591. The summed E-state index contributed by atoms with van der Waals surface area (Å²) in [5.74, 6) is -0.661. The van der Waals surface area contributed by atoms with E-state index >= 15 is 0 Å². The molecule has 0 fully saturated rings. The Morgan fingerprint density at radius 2 is 1.75 bits per heavy atom. The van der Waals surface area contributed by atoms with Gasteiger partial charge in [-0.3, -0.25) is 9.59 Å². The molecule has 1 amide bonds. The molecular formula is C12H23NO3. The molecule has 4 heteroatoms. The average Bonchev–Trinajstić information content (AvgIpc) is 2.15. The minimum Gasteiger partial charge on any atom is -0.466 e. The Bertz CT molecular complexity index is 255. The first-order valence-electron chi connectivity index (χ1n) is 5.67. The Balaban J connectivity index is 4.31. The molecule has 0 rings (SSSR count). The van der Waals surface area contributed by atoms with Crippen LogP contribution >= 0.6 is 0 Å². The molecule has 4 nitrogen and oxygen atoms in total. The van der Waals surface area contributed by atoms with Crippen LogP contribution in [-0.4, -0.2) is 24.5 Å². The van der Waals surface area contributed by atoms with Crippen molar-refractivity contribution < 1.29 is 14.3 Å². The molecule has 0 saturated heterocycles. The summed E-state index contributed by atoms with van der Waals surface area (Å²) in [6, 6.07) is -0.217. The fourth-order valence-electron chi connectivity index (χ4n) is 1.03. The van der Waals surface area contributed by atoms with E-state index in [9.17, 15) is 9.59 Å². The van der Waals surface area contributed by atoms with Crippen molar-refractivity contribution in [3.8, 4) is 0 Å². The van der Waals surface area contributed by atoms with Crippen LogP contribution in [0.15, 0.2) is 0 Å². The van der Waals surface area contributed by atoms with Gasteiger partial charge in [-0.05, 0) is 20.8 Å². The number of carbonyl (C=O) groups excluding carboxylic acids is 2. The molecule has 0 aromatic heterocycles. The maximum Gasteiger partial charge on any atom is 0.310 e. The van der Waals surface area contributed by atoms with Crippen LogP contribution in [0.25, 0.3) is 0 Å². The van der Waals surface area contributed by atoms with Crippen LogP contribution in [0.1, 0.15) is 41.5 Å². The lowest BCUT2D eigenvalue weighted by atomic mass is 9.94. The third kappa shape index (κ3) is 4.64. The van der Waals surface area contributed by atoms with Crippen LogP contribution in [0.3, 0.4) is 0 Å². The van der Waals surface area contributed by atoms with E-state index in [1.54, 1.807) is 13.8 Å². The molecular weight excluding hydrogens is 206 g/mol. The Labute approximate surface area is 97.7 Å². The molecule has 0 aromatic carbocycles. The monoisotopic (exact) mass is 229 g/mol. The van der Waals surface area contributed by atoms with Crippen molar-refractivity contribution in [3.05, 3.63) is 0 Å². The maximum atomic E-state index is 11.7. The van der Waals surface area contributed by atoms with E-state index in [1.165, 1.54) is 0 Å². The second kappa shape index (κ2) is 5.87. The van der Waals surface area contributed by atoms with Crippen LogP contribution < -0.4 is 5.32 Å². The van der Waals surface area contributed by atoms with Gasteiger partial charge in [-0.1, -0.05) is 20.8 Å². The van der Waals surface area contributed by atoms with Gasteiger partial charge in [0.2, 0.25) is 5.91 Å². The molecule has 16 heavy (non-hydrogen) atoms. The van der Waals surface area contributed by atoms with Crippen molar-refractivity contribution in [1.82, 2.24) is 5.32 Å². The second-order valence-corrected chi connectivity index (χ2v) is 5.05. The van der Waals surface area contributed by atoms with Gasteiger partial charge in [-0.2, -0.15) is 0 Å². The van der Waals surface area contributed by atoms with Crippen molar-refractivity contribution in [1.29, 1.82) is 0 Å². The lowest BCUT2D eigenvalue weighted by Gasteiger charge is -2.24. The van der Waals surface area contributed by atoms with Crippen molar-refractivity contribution in [2.24, 2.45) is 11.3 Å². The van der Waals surface area contributed by atoms with Crippen LogP contribution in [0.4, 0.5) is 0 Å². The summed E-state index contributed by atoms with van der Waals surface area (Å²) in [4.78, 5) is 23.1. The van der Waals surface area contributed by atoms with Gasteiger partial charge >= 0.3 is 5.97 Å². The van der Waals surface area contributed by atoms with Crippen LogP contribution in [0, 0.1) is 11.3 Å². The first-order valence-corrected chi connectivity index (χ1v) is 5.67. The average molecular weight is 229 g/mol. The van der Waals surface area contributed by atoms with Crippen LogP contribution in [0.5, 0.6) is 0 Å². The molecule has 0 aliphatic carbocycles. The van der Waals surface area contributed by atoms with Crippen molar-refractivity contribution in [2.45, 2.75) is 47.6 Å². The maximum absolute atomic E-state index is 11.7.